The Balaban J connectivity index is 2.29. The van der Waals surface area contributed by atoms with Gasteiger partial charge in [-0.15, -0.1) is 0 Å². The molecule has 0 atom stereocenters. The summed E-state index contributed by atoms with van der Waals surface area (Å²) in [5, 5.41) is 0.471. The molecule has 1 aromatic carbocycles. The van der Waals surface area contributed by atoms with Crippen molar-refractivity contribution in [2.45, 2.75) is 13.5 Å². The Bertz CT molecular complexity index is 563. The quantitative estimate of drug-likeness (QED) is 0.789. The molecule has 0 saturated heterocycles. The molecule has 18 heavy (non-hydrogen) atoms. The molecule has 3 nitrogen and oxygen atoms in total. The molecule has 2 aromatic rings. The van der Waals surface area contributed by atoms with Crippen LogP contribution in [0.3, 0.4) is 0 Å². The maximum Gasteiger partial charge on any atom is 0.153 e. The van der Waals surface area contributed by atoms with E-state index in [0.29, 0.717) is 17.1 Å². The van der Waals surface area contributed by atoms with E-state index in [-0.39, 0.29) is 0 Å². The summed E-state index contributed by atoms with van der Waals surface area (Å²) in [6.07, 6.45) is 2.45. The minimum absolute atomic E-state index is 0.471. The predicted molar refractivity (Wildman–Crippen MR) is 72.4 cm³/mol. The Morgan fingerprint density at radius 3 is 2.78 bits per heavy atom. The third kappa shape index (κ3) is 2.41. The topological polar surface area (TPSA) is 33.5 Å². The van der Waals surface area contributed by atoms with Crippen molar-refractivity contribution in [2.24, 2.45) is 0 Å². The normalized spacial score (nSPS) is 10.4. The number of aryl methyl sites for hydroxylation is 1. The van der Waals surface area contributed by atoms with Crippen molar-refractivity contribution in [3.05, 3.63) is 52.4 Å². The van der Waals surface area contributed by atoms with Crippen LogP contribution in [0.5, 0.6) is 0 Å². The van der Waals surface area contributed by atoms with Gasteiger partial charge in [0.25, 0.3) is 0 Å². The lowest BCUT2D eigenvalue weighted by Crippen LogP contribution is -2.18. The van der Waals surface area contributed by atoms with E-state index in [0.717, 1.165) is 23.3 Å². The fraction of sp³-hybridized carbons (Fsp3) is 0.214. The summed E-state index contributed by atoms with van der Waals surface area (Å²) in [6.45, 7) is 2.59. The average molecular weight is 264 g/mol. The molecule has 0 radical (unpaired) electrons. The molecule has 0 aliphatic carbocycles. The lowest BCUT2D eigenvalue weighted by Gasteiger charge is -2.21. The van der Waals surface area contributed by atoms with Gasteiger partial charge in [0.05, 0.1) is 16.8 Å². The first kappa shape index (κ1) is 12.7. The van der Waals surface area contributed by atoms with Gasteiger partial charge in [-0.1, -0.05) is 17.7 Å². The van der Waals surface area contributed by atoms with Crippen LogP contribution < -0.4 is 4.90 Å². The molecule has 2 rings (SSSR count). The van der Waals surface area contributed by atoms with Crippen molar-refractivity contribution in [3.63, 3.8) is 0 Å². The second-order valence-electron chi connectivity index (χ2n) is 4.15. The minimum Gasteiger partial charge on any atom is -0.469 e. The largest absolute Gasteiger partial charge is 0.469 e. The average Bonchev–Trinajstić information content (AvgIpc) is 2.74. The van der Waals surface area contributed by atoms with Crippen LogP contribution in [0.1, 0.15) is 21.7 Å². The lowest BCUT2D eigenvalue weighted by atomic mass is 10.1. The molecular formula is C14H14ClNO2. The molecule has 0 aliphatic rings. The van der Waals surface area contributed by atoms with Gasteiger partial charge in [-0.2, -0.15) is 0 Å². The molecule has 1 heterocycles. The first-order chi connectivity index (χ1) is 8.63. The van der Waals surface area contributed by atoms with Gasteiger partial charge in [0.1, 0.15) is 5.76 Å². The zero-order chi connectivity index (χ0) is 13.1. The van der Waals surface area contributed by atoms with Crippen LogP contribution >= 0.6 is 11.6 Å². The Morgan fingerprint density at radius 2 is 2.17 bits per heavy atom. The summed E-state index contributed by atoms with van der Waals surface area (Å²) in [4.78, 5) is 13.1. The van der Waals surface area contributed by atoms with Gasteiger partial charge in [-0.05, 0) is 25.1 Å². The maximum atomic E-state index is 11.1. The van der Waals surface area contributed by atoms with Crippen LogP contribution in [0.15, 0.2) is 34.9 Å². The molecule has 0 bridgehead atoms. The molecule has 1 aromatic heterocycles. The summed E-state index contributed by atoms with van der Waals surface area (Å²) in [7, 11) is 1.92. The number of carbonyl (C=O) groups is 1. The smallest absolute Gasteiger partial charge is 0.153 e. The summed E-state index contributed by atoms with van der Waals surface area (Å²) >= 11 is 6.01. The Morgan fingerprint density at radius 1 is 1.39 bits per heavy atom. The molecule has 0 aliphatic heterocycles. The number of furan rings is 1. The number of halogens is 1. The van der Waals surface area contributed by atoms with E-state index in [9.17, 15) is 4.79 Å². The van der Waals surface area contributed by atoms with Crippen molar-refractivity contribution < 1.29 is 9.21 Å². The fourth-order valence-corrected chi connectivity index (χ4v) is 2.11. The van der Waals surface area contributed by atoms with Gasteiger partial charge in [0.2, 0.25) is 0 Å². The van der Waals surface area contributed by atoms with E-state index in [4.69, 9.17) is 16.0 Å². The van der Waals surface area contributed by atoms with Crippen LogP contribution in [0.4, 0.5) is 5.69 Å². The molecule has 0 amide bonds. The Kier molecular flexibility index (Phi) is 3.72. The first-order valence-corrected chi connectivity index (χ1v) is 5.99. The first-order valence-electron chi connectivity index (χ1n) is 5.61. The van der Waals surface area contributed by atoms with Gasteiger partial charge in [0.15, 0.2) is 6.29 Å². The van der Waals surface area contributed by atoms with Crippen LogP contribution in [0, 0.1) is 6.92 Å². The number of rotatable bonds is 4. The van der Waals surface area contributed by atoms with E-state index in [1.807, 2.05) is 37.1 Å². The van der Waals surface area contributed by atoms with Crippen LogP contribution in [-0.4, -0.2) is 13.3 Å². The second-order valence-corrected chi connectivity index (χ2v) is 4.56. The second kappa shape index (κ2) is 5.27. The molecule has 0 N–H and O–H groups in total. The molecule has 0 unspecified atom stereocenters. The zero-order valence-electron chi connectivity index (χ0n) is 10.3. The monoisotopic (exact) mass is 263 g/mol. The van der Waals surface area contributed by atoms with Gasteiger partial charge in [-0.25, -0.2) is 0 Å². The van der Waals surface area contributed by atoms with Gasteiger partial charge in [-0.3, -0.25) is 4.79 Å². The van der Waals surface area contributed by atoms with Crippen molar-refractivity contribution in [3.8, 4) is 0 Å². The molecule has 94 valence electrons. The van der Waals surface area contributed by atoms with Gasteiger partial charge in [0, 0.05) is 24.8 Å². The zero-order valence-corrected chi connectivity index (χ0v) is 11.1. The highest BCUT2D eigenvalue weighted by Gasteiger charge is 2.12. The van der Waals surface area contributed by atoms with E-state index in [1.54, 1.807) is 12.3 Å². The number of nitrogens with zero attached hydrogens (tertiary/aromatic N) is 1. The number of hydrogen-bond acceptors (Lipinski definition) is 3. The highest BCUT2D eigenvalue weighted by Crippen LogP contribution is 2.26. The summed E-state index contributed by atoms with van der Waals surface area (Å²) in [5.74, 6) is 0.886. The van der Waals surface area contributed by atoms with Crippen molar-refractivity contribution >= 4 is 23.6 Å². The Labute approximate surface area is 111 Å². The van der Waals surface area contributed by atoms with Crippen molar-refractivity contribution in [1.29, 1.82) is 0 Å². The van der Waals surface area contributed by atoms with Crippen LogP contribution in [0.2, 0.25) is 5.02 Å². The number of aldehydes is 1. The van der Waals surface area contributed by atoms with E-state index >= 15 is 0 Å². The predicted octanol–water partition coefficient (Wildman–Crippen LogP) is 3.69. The molecule has 0 fully saturated rings. The van der Waals surface area contributed by atoms with E-state index in [1.165, 1.54) is 0 Å². The highest BCUT2D eigenvalue weighted by molar-refractivity contribution is 6.33. The third-order valence-electron chi connectivity index (χ3n) is 2.93. The number of hydrogen-bond donors (Lipinski definition) is 0. The van der Waals surface area contributed by atoms with Crippen LogP contribution in [-0.2, 0) is 6.54 Å². The SMILES string of the molecule is Cc1occc1CN(C)c1cccc(Cl)c1C=O. The van der Waals surface area contributed by atoms with E-state index in [2.05, 4.69) is 0 Å². The lowest BCUT2D eigenvalue weighted by molar-refractivity contribution is 0.112. The minimum atomic E-state index is 0.471. The molecule has 0 spiro atoms. The molecular weight excluding hydrogens is 250 g/mol. The number of carbonyl (C=O) groups excluding carboxylic acids is 1. The van der Waals surface area contributed by atoms with Crippen molar-refractivity contribution in [1.82, 2.24) is 0 Å². The standard InChI is InChI=1S/C14H14ClNO2/c1-10-11(6-7-18-10)8-16(2)14-5-3-4-13(15)12(14)9-17/h3-7,9H,8H2,1-2H3. The van der Waals surface area contributed by atoms with E-state index < -0.39 is 0 Å². The summed E-state index contributed by atoms with van der Waals surface area (Å²) < 4.78 is 5.26. The summed E-state index contributed by atoms with van der Waals surface area (Å²) in [6, 6.07) is 7.36. The third-order valence-corrected chi connectivity index (χ3v) is 3.26. The Hall–Kier alpha value is -1.74. The number of benzene rings is 1. The van der Waals surface area contributed by atoms with Gasteiger partial charge >= 0.3 is 0 Å². The fourth-order valence-electron chi connectivity index (χ4n) is 1.89. The van der Waals surface area contributed by atoms with Crippen molar-refractivity contribution in [2.75, 3.05) is 11.9 Å². The molecule has 4 heteroatoms. The summed E-state index contributed by atoms with van der Waals surface area (Å²) in [5.41, 5.74) is 2.43. The highest BCUT2D eigenvalue weighted by atomic mass is 35.5. The van der Waals surface area contributed by atoms with Crippen LogP contribution in [0.25, 0.3) is 0 Å². The maximum absolute atomic E-state index is 11.1. The molecule has 0 saturated carbocycles. The van der Waals surface area contributed by atoms with Gasteiger partial charge < -0.3 is 9.32 Å². The number of anilines is 1.